The van der Waals surface area contributed by atoms with E-state index in [0.29, 0.717) is 0 Å². The predicted molar refractivity (Wildman–Crippen MR) is 62.3 cm³/mol. The number of halogens is 1. The summed E-state index contributed by atoms with van der Waals surface area (Å²) >= 11 is 3.48. The maximum Gasteiger partial charge on any atom is 0.0383 e. The molecule has 1 N–H and O–H groups in total. The Morgan fingerprint density at radius 2 is 2.08 bits per heavy atom. The first-order chi connectivity index (χ1) is 6.27. The van der Waals surface area contributed by atoms with Crippen molar-refractivity contribution in [2.45, 2.75) is 26.7 Å². The first-order valence-corrected chi connectivity index (χ1v) is 5.59. The van der Waals surface area contributed by atoms with Crippen LogP contribution in [0.2, 0.25) is 0 Å². The molecule has 1 nitrogen and oxygen atoms in total. The Hall–Kier alpha value is -0.500. The summed E-state index contributed by atoms with van der Waals surface area (Å²) in [4.78, 5) is 0. The second kappa shape index (κ2) is 5.28. The van der Waals surface area contributed by atoms with Crippen molar-refractivity contribution in [2.24, 2.45) is 0 Å². The van der Waals surface area contributed by atoms with Crippen LogP contribution >= 0.6 is 15.9 Å². The van der Waals surface area contributed by atoms with E-state index in [2.05, 4.69) is 53.3 Å². The summed E-state index contributed by atoms with van der Waals surface area (Å²) in [6, 6.07) is 6.41. The monoisotopic (exact) mass is 241 g/mol. The van der Waals surface area contributed by atoms with Crippen LogP contribution < -0.4 is 5.32 Å². The second-order valence-electron chi connectivity index (χ2n) is 3.08. The Labute approximate surface area is 88.7 Å². The van der Waals surface area contributed by atoms with Crippen molar-refractivity contribution in [2.75, 3.05) is 11.9 Å². The number of hydrogen-bond donors (Lipinski definition) is 1. The highest BCUT2D eigenvalue weighted by atomic mass is 79.9. The van der Waals surface area contributed by atoms with Gasteiger partial charge in [-0.2, -0.15) is 0 Å². The highest BCUT2D eigenvalue weighted by Crippen LogP contribution is 2.21. The van der Waals surface area contributed by atoms with Crippen molar-refractivity contribution in [3.63, 3.8) is 0 Å². The number of anilines is 1. The van der Waals surface area contributed by atoms with Crippen LogP contribution in [0.5, 0.6) is 0 Å². The molecule has 0 spiro atoms. The highest BCUT2D eigenvalue weighted by Gasteiger charge is 1.99. The average molecular weight is 242 g/mol. The number of nitrogens with one attached hydrogen (secondary N) is 1. The van der Waals surface area contributed by atoms with E-state index in [-0.39, 0.29) is 0 Å². The zero-order valence-electron chi connectivity index (χ0n) is 8.23. The summed E-state index contributed by atoms with van der Waals surface area (Å²) in [5.74, 6) is 0. The van der Waals surface area contributed by atoms with Gasteiger partial charge in [-0.05, 0) is 30.5 Å². The van der Waals surface area contributed by atoms with Crippen molar-refractivity contribution in [1.29, 1.82) is 0 Å². The third-order valence-corrected chi connectivity index (χ3v) is 2.51. The lowest BCUT2D eigenvalue weighted by molar-refractivity contribution is 0.972. The van der Waals surface area contributed by atoms with Gasteiger partial charge in [-0.25, -0.2) is 0 Å². The lowest BCUT2D eigenvalue weighted by Gasteiger charge is -2.10. The lowest BCUT2D eigenvalue weighted by Crippen LogP contribution is -2.02. The van der Waals surface area contributed by atoms with Gasteiger partial charge < -0.3 is 5.32 Å². The van der Waals surface area contributed by atoms with Crippen molar-refractivity contribution < 1.29 is 0 Å². The normalized spacial score (nSPS) is 10.1. The Morgan fingerprint density at radius 3 is 2.69 bits per heavy atom. The van der Waals surface area contributed by atoms with E-state index in [9.17, 15) is 0 Å². The van der Waals surface area contributed by atoms with Crippen molar-refractivity contribution in [3.8, 4) is 0 Å². The molecule has 1 aromatic rings. The molecule has 0 aliphatic carbocycles. The smallest absolute Gasteiger partial charge is 0.0383 e. The molecule has 0 saturated heterocycles. The highest BCUT2D eigenvalue weighted by molar-refractivity contribution is 9.10. The van der Waals surface area contributed by atoms with Crippen molar-refractivity contribution in [3.05, 3.63) is 28.2 Å². The standard InChI is InChI=1S/C11H16BrN/c1-3-7-13-11-8-10(12)6-5-9(11)4-2/h5-6,8,13H,3-4,7H2,1-2H3. The molecule has 0 atom stereocenters. The molecule has 72 valence electrons. The van der Waals surface area contributed by atoms with Gasteiger partial charge >= 0.3 is 0 Å². The van der Waals surface area contributed by atoms with Gasteiger partial charge in [0.15, 0.2) is 0 Å². The zero-order chi connectivity index (χ0) is 9.68. The van der Waals surface area contributed by atoms with Crippen molar-refractivity contribution >= 4 is 21.6 Å². The Morgan fingerprint density at radius 1 is 1.31 bits per heavy atom. The lowest BCUT2D eigenvalue weighted by atomic mass is 10.1. The van der Waals surface area contributed by atoms with Crippen LogP contribution in [0.4, 0.5) is 5.69 Å². The maximum atomic E-state index is 3.48. The number of hydrogen-bond acceptors (Lipinski definition) is 1. The summed E-state index contributed by atoms with van der Waals surface area (Å²) in [5.41, 5.74) is 2.65. The molecule has 1 rings (SSSR count). The van der Waals surface area contributed by atoms with Crippen LogP contribution in [0.15, 0.2) is 22.7 Å². The van der Waals surface area contributed by atoms with Gasteiger partial charge in [-0.1, -0.05) is 35.8 Å². The third-order valence-electron chi connectivity index (χ3n) is 2.02. The van der Waals surface area contributed by atoms with E-state index in [1.54, 1.807) is 0 Å². The van der Waals surface area contributed by atoms with E-state index in [4.69, 9.17) is 0 Å². The molecule has 2 heteroatoms. The second-order valence-corrected chi connectivity index (χ2v) is 4.00. The minimum absolute atomic E-state index is 1.05. The van der Waals surface area contributed by atoms with Gasteiger partial charge in [-0.15, -0.1) is 0 Å². The predicted octanol–water partition coefficient (Wildman–Crippen LogP) is 3.83. The molecule has 0 aromatic heterocycles. The van der Waals surface area contributed by atoms with E-state index >= 15 is 0 Å². The van der Waals surface area contributed by atoms with Gasteiger partial charge in [-0.3, -0.25) is 0 Å². The molecule has 0 unspecified atom stereocenters. The van der Waals surface area contributed by atoms with Crippen molar-refractivity contribution in [1.82, 2.24) is 0 Å². The summed E-state index contributed by atoms with van der Waals surface area (Å²) in [5, 5.41) is 3.42. The van der Waals surface area contributed by atoms with Crippen LogP contribution in [0, 0.1) is 0 Å². The number of benzene rings is 1. The molecular formula is C11H16BrN. The third kappa shape index (κ3) is 3.03. The first-order valence-electron chi connectivity index (χ1n) is 4.80. The Balaban J connectivity index is 2.81. The van der Waals surface area contributed by atoms with Crippen LogP contribution in [0.3, 0.4) is 0 Å². The maximum absolute atomic E-state index is 3.48. The molecule has 0 amide bonds. The summed E-state index contributed by atoms with van der Waals surface area (Å²) in [6.45, 7) is 5.40. The average Bonchev–Trinajstić information content (AvgIpc) is 2.15. The van der Waals surface area contributed by atoms with Gasteiger partial charge in [0, 0.05) is 16.7 Å². The first kappa shape index (κ1) is 10.6. The molecule has 0 bridgehead atoms. The van der Waals surface area contributed by atoms with Crippen LogP contribution in [0.25, 0.3) is 0 Å². The largest absolute Gasteiger partial charge is 0.385 e. The van der Waals surface area contributed by atoms with Crippen LogP contribution in [-0.4, -0.2) is 6.54 Å². The fourth-order valence-electron chi connectivity index (χ4n) is 1.28. The summed E-state index contributed by atoms with van der Waals surface area (Å²) in [7, 11) is 0. The minimum Gasteiger partial charge on any atom is -0.385 e. The molecule has 0 heterocycles. The fourth-order valence-corrected chi connectivity index (χ4v) is 1.64. The molecule has 0 saturated carbocycles. The van der Waals surface area contributed by atoms with Crippen LogP contribution in [0.1, 0.15) is 25.8 Å². The molecular weight excluding hydrogens is 226 g/mol. The SMILES string of the molecule is CCCNc1cc(Br)ccc1CC. The fraction of sp³-hybridized carbons (Fsp3) is 0.455. The molecule has 0 radical (unpaired) electrons. The molecule has 1 aromatic carbocycles. The van der Waals surface area contributed by atoms with E-state index in [1.807, 2.05) is 0 Å². The van der Waals surface area contributed by atoms with Gasteiger partial charge in [0.1, 0.15) is 0 Å². The Kier molecular flexibility index (Phi) is 4.29. The van der Waals surface area contributed by atoms with E-state index in [0.717, 1.165) is 23.9 Å². The zero-order valence-corrected chi connectivity index (χ0v) is 9.82. The molecule has 0 aliphatic rings. The number of aryl methyl sites for hydroxylation is 1. The van der Waals surface area contributed by atoms with Gasteiger partial charge in [0.25, 0.3) is 0 Å². The molecule has 0 fully saturated rings. The van der Waals surface area contributed by atoms with Gasteiger partial charge in [0.05, 0.1) is 0 Å². The topological polar surface area (TPSA) is 12.0 Å². The van der Waals surface area contributed by atoms with E-state index in [1.165, 1.54) is 11.3 Å². The van der Waals surface area contributed by atoms with E-state index < -0.39 is 0 Å². The summed E-state index contributed by atoms with van der Waals surface area (Å²) < 4.78 is 1.14. The van der Waals surface area contributed by atoms with Gasteiger partial charge in [0.2, 0.25) is 0 Å². The molecule has 13 heavy (non-hydrogen) atoms. The summed E-state index contributed by atoms with van der Waals surface area (Å²) in [6.07, 6.45) is 2.25. The Bertz CT molecular complexity index is 271. The molecule has 0 aliphatic heterocycles. The quantitative estimate of drug-likeness (QED) is 0.845. The number of rotatable bonds is 4. The minimum atomic E-state index is 1.05. The van der Waals surface area contributed by atoms with Crippen LogP contribution in [-0.2, 0) is 6.42 Å².